The standard InChI is InChI=1S/C11H14F2N2O/c1-7(5-6-14)15-11(16)8-3-2-4-9(12)10(8)13/h2-4,7H,5-6,14H2,1H3,(H,15,16). The van der Waals surface area contributed by atoms with Crippen LogP contribution in [0.25, 0.3) is 0 Å². The molecule has 0 spiro atoms. The van der Waals surface area contributed by atoms with Crippen LogP contribution in [0, 0.1) is 11.6 Å². The van der Waals surface area contributed by atoms with Gasteiger partial charge in [-0.3, -0.25) is 4.79 Å². The molecule has 3 nitrogen and oxygen atoms in total. The maximum absolute atomic E-state index is 13.2. The van der Waals surface area contributed by atoms with Gasteiger partial charge in [0.2, 0.25) is 0 Å². The molecule has 0 heterocycles. The number of amides is 1. The number of carbonyl (C=O) groups is 1. The Kier molecular flexibility index (Phi) is 4.37. The van der Waals surface area contributed by atoms with Crippen LogP contribution in [-0.2, 0) is 0 Å². The molecule has 16 heavy (non-hydrogen) atoms. The van der Waals surface area contributed by atoms with Crippen molar-refractivity contribution in [3.63, 3.8) is 0 Å². The lowest BCUT2D eigenvalue weighted by Crippen LogP contribution is -2.34. The van der Waals surface area contributed by atoms with E-state index in [0.717, 1.165) is 6.07 Å². The summed E-state index contributed by atoms with van der Waals surface area (Å²) in [7, 11) is 0. The minimum absolute atomic E-state index is 0.167. The molecule has 0 saturated heterocycles. The lowest BCUT2D eigenvalue weighted by Gasteiger charge is -2.12. The SMILES string of the molecule is CC(CCN)NC(=O)c1cccc(F)c1F. The molecule has 1 aromatic rings. The maximum atomic E-state index is 13.2. The molecular weight excluding hydrogens is 214 g/mol. The van der Waals surface area contributed by atoms with Gasteiger partial charge in [0.15, 0.2) is 11.6 Å². The number of hydrogen-bond acceptors (Lipinski definition) is 2. The number of carbonyl (C=O) groups excluding carboxylic acids is 1. The highest BCUT2D eigenvalue weighted by atomic mass is 19.2. The predicted molar refractivity (Wildman–Crippen MR) is 57.0 cm³/mol. The summed E-state index contributed by atoms with van der Waals surface area (Å²) in [5.41, 5.74) is 5.02. The van der Waals surface area contributed by atoms with Crippen molar-refractivity contribution in [3.8, 4) is 0 Å². The summed E-state index contributed by atoms with van der Waals surface area (Å²) in [6.07, 6.45) is 0.586. The van der Waals surface area contributed by atoms with Crippen LogP contribution in [0.5, 0.6) is 0 Å². The van der Waals surface area contributed by atoms with E-state index in [0.29, 0.717) is 13.0 Å². The van der Waals surface area contributed by atoms with E-state index in [9.17, 15) is 13.6 Å². The zero-order chi connectivity index (χ0) is 12.1. The van der Waals surface area contributed by atoms with Gasteiger partial charge in [0.05, 0.1) is 5.56 Å². The number of nitrogens with two attached hydrogens (primary N) is 1. The molecule has 0 aliphatic carbocycles. The molecule has 0 saturated carbocycles. The second kappa shape index (κ2) is 5.55. The van der Waals surface area contributed by atoms with Crippen molar-refractivity contribution in [1.29, 1.82) is 0 Å². The van der Waals surface area contributed by atoms with Gasteiger partial charge in [-0.25, -0.2) is 8.78 Å². The summed E-state index contributed by atoms with van der Waals surface area (Å²) in [4.78, 5) is 11.5. The average Bonchev–Trinajstić information content (AvgIpc) is 2.22. The number of rotatable bonds is 4. The quantitative estimate of drug-likeness (QED) is 0.819. The Labute approximate surface area is 92.6 Å². The molecule has 1 unspecified atom stereocenters. The number of benzene rings is 1. The first-order valence-electron chi connectivity index (χ1n) is 5.01. The van der Waals surface area contributed by atoms with Gasteiger partial charge in [-0.1, -0.05) is 6.07 Å². The molecule has 1 rings (SSSR count). The average molecular weight is 228 g/mol. The van der Waals surface area contributed by atoms with Gasteiger partial charge >= 0.3 is 0 Å². The summed E-state index contributed by atoms with van der Waals surface area (Å²) in [6, 6.07) is 3.33. The van der Waals surface area contributed by atoms with Crippen molar-refractivity contribution in [2.24, 2.45) is 5.73 Å². The molecule has 0 bridgehead atoms. The molecule has 1 amide bonds. The van der Waals surface area contributed by atoms with E-state index in [-0.39, 0.29) is 11.6 Å². The number of halogens is 2. The molecular formula is C11H14F2N2O. The summed E-state index contributed by atoms with van der Waals surface area (Å²) in [5, 5.41) is 2.54. The van der Waals surface area contributed by atoms with Crippen LogP contribution in [0.15, 0.2) is 18.2 Å². The summed E-state index contributed by atoms with van der Waals surface area (Å²) in [5.74, 6) is -2.78. The van der Waals surface area contributed by atoms with Crippen LogP contribution in [-0.4, -0.2) is 18.5 Å². The molecule has 1 aromatic carbocycles. The van der Waals surface area contributed by atoms with Crippen molar-refractivity contribution in [1.82, 2.24) is 5.32 Å². The highest BCUT2D eigenvalue weighted by Crippen LogP contribution is 2.11. The van der Waals surface area contributed by atoms with E-state index < -0.39 is 17.5 Å². The zero-order valence-electron chi connectivity index (χ0n) is 8.97. The Morgan fingerprint density at radius 1 is 1.50 bits per heavy atom. The first kappa shape index (κ1) is 12.6. The van der Waals surface area contributed by atoms with E-state index >= 15 is 0 Å². The van der Waals surface area contributed by atoms with Crippen LogP contribution in [0.2, 0.25) is 0 Å². The van der Waals surface area contributed by atoms with E-state index in [1.54, 1.807) is 6.92 Å². The second-order valence-corrected chi connectivity index (χ2v) is 3.55. The fourth-order valence-electron chi connectivity index (χ4n) is 1.30. The Morgan fingerprint density at radius 3 is 2.81 bits per heavy atom. The molecule has 0 aliphatic heterocycles. The van der Waals surface area contributed by atoms with Crippen LogP contribution in [0.1, 0.15) is 23.7 Å². The molecule has 88 valence electrons. The normalized spacial score (nSPS) is 12.2. The first-order chi connectivity index (χ1) is 7.56. The molecule has 0 aliphatic rings. The van der Waals surface area contributed by atoms with Gasteiger partial charge in [0, 0.05) is 6.04 Å². The van der Waals surface area contributed by atoms with Crippen LogP contribution < -0.4 is 11.1 Å². The van der Waals surface area contributed by atoms with Gasteiger partial charge in [-0.2, -0.15) is 0 Å². The summed E-state index contributed by atoms with van der Waals surface area (Å²) < 4.78 is 26.1. The van der Waals surface area contributed by atoms with Crippen molar-refractivity contribution >= 4 is 5.91 Å². The zero-order valence-corrected chi connectivity index (χ0v) is 8.97. The fraction of sp³-hybridized carbons (Fsp3) is 0.364. The first-order valence-corrected chi connectivity index (χ1v) is 5.01. The van der Waals surface area contributed by atoms with Crippen LogP contribution in [0.3, 0.4) is 0 Å². The minimum atomic E-state index is -1.13. The Bertz CT molecular complexity index is 382. The predicted octanol–water partition coefficient (Wildman–Crippen LogP) is 1.43. The van der Waals surface area contributed by atoms with Crippen molar-refractivity contribution in [2.45, 2.75) is 19.4 Å². The third kappa shape index (κ3) is 3.00. The third-order valence-electron chi connectivity index (χ3n) is 2.17. The van der Waals surface area contributed by atoms with E-state index in [1.165, 1.54) is 12.1 Å². The van der Waals surface area contributed by atoms with E-state index in [1.807, 2.05) is 0 Å². The largest absolute Gasteiger partial charge is 0.349 e. The maximum Gasteiger partial charge on any atom is 0.254 e. The van der Waals surface area contributed by atoms with Gasteiger partial charge in [0.25, 0.3) is 5.91 Å². The Balaban J connectivity index is 2.77. The second-order valence-electron chi connectivity index (χ2n) is 3.55. The van der Waals surface area contributed by atoms with Gasteiger partial charge in [0.1, 0.15) is 0 Å². The van der Waals surface area contributed by atoms with Crippen LogP contribution in [0.4, 0.5) is 8.78 Å². The van der Waals surface area contributed by atoms with Gasteiger partial charge < -0.3 is 11.1 Å². The fourth-order valence-corrected chi connectivity index (χ4v) is 1.30. The van der Waals surface area contributed by atoms with Crippen molar-refractivity contribution < 1.29 is 13.6 Å². The number of nitrogens with one attached hydrogen (secondary N) is 1. The topological polar surface area (TPSA) is 55.1 Å². The molecule has 5 heteroatoms. The molecule has 0 fully saturated rings. The summed E-state index contributed by atoms with van der Waals surface area (Å²) >= 11 is 0. The van der Waals surface area contributed by atoms with E-state index in [2.05, 4.69) is 5.32 Å². The van der Waals surface area contributed by atoms with Crippen molar-refractivity contribution in [3.05, 3.63) is 35.4 Å². The lowest BCUT2D eigenvalue weighted by atomic mass is 10.1. The van der Waals surface area contributed by atoms with Gasteiger partial charge in [-0.05, 0) is 32.0 Å². The van der Waals surface area contributed by atoms with Gasteiger partial charge in [-0.15, -0.1) is 0 Å². The minimum Gasteiger partial charge on any atom is -0.349 e. The molecule has 0 radical (unpaired) electrons. The molecule has 0 aromatic heterocycles. The number of hydrogen-bond donors (Lipinski definition) is 2. The monoisotopic (exact) mass is 228 g/mol. The van der Waals surface area contributed by atoms with E-state index in [4.69, 9.17) is 5.73 Å². The molecule has 1 atom stereocenters. The molecule has 3 N–H and O–H groups in total. The van der Waals surface area contributed by atoms with Crippen LogP contribution >= 0.6 is 0 Å². The van der Waals surface area contributed by atoms with Crippen molar-refractivity contribution in [2.75, 3.05) is 6.54 Å². The lowest BCUT2D eigenvalue weighted by molar-refractivity contribution is 0.0934. The summed E-state index contributed by atoms with van der Waals surface area (Å²) in [6.45, 7) is 2.18. The highest BCUT2D eigenvalue weighted by Gasteiger charge is 2.16. The Hall–Kier alpha value is -1.49. The Morgan fingerprint density at radius 2 is 2.19 bits per heavy atom. The smallest absolute Gasteiger partial charge is 0.254 e. The third-order valence-corrected chi connectivity index (χ3v) is 2.17. The highest BCUT2D eigenvalue weighted by molar-refractivity contribution is 5.94.